The fraction of sp³-hybridized carbons (Fsp3) is 0.667. The highest BCUT2D eigenvalue weighted by Crippen LogP contribution is 2.30. The van der Waals surface area contributed by atoms with Gasteiger partial charge < -0.3 is 0 Å². The lowest BCUT2D eigenvalue weighted by atomic mass is 9.97. The molecular weight excluding hydrogens is 204 g/mol. The van der Waals surface area contributed by atoms with Gasteiger partial charge in [0, 0.05) is 4.88 Å². The molecule has 1 rings (SSSR count). The maximum atomic E-state index is 9.07. The number of nitriles is 1. The van der Waals surface area contributed by atoms with Crippen molar-refractivity contribution in [2.45, 2.75) is 52.4 Å². The molecule has 82 valence electrons. The normalized spacial score (nSPS) is 11.4. The van der Waals surface area contributed by atoms with Crippen molar-refractivity contribution < 1.29 is 0 Å². The maximum absolute atomic E-state index is 9.07. The van der Waals surface area contributed by atoms with Gasteiger partial charge >= 0.3 is 0 Å². The Kier molecular flexibility index (Phi) is 3.87. The van der Waals surface area contributed by atoms with Crippen molar-refractivity contribution >= 4 is 11.3 Å². The summed E-state index contributed by atoms with van der Waals surface area (Å²) in [5.41, 5.74) is 0.754. The first-order chi connectivity index (χ1) is 7.05. The molecular formula is C12H18N2S. The van der Waals surface area contributed by atoms with Crippen molar-refractivity contribution in [3.63, 3.8) is 0 Å². The smallest absolute Gasteiger partial charge is 0.113 e. The standard InChI is InChI=1S/C12H18N2S/c1-5-7-9-10(6-2)15-11(14-9)12(3,4)8-13/h5-7H2,1-4H3. The van der Waals surface area contributed by atoms with Crippen LogP contribution in [0.25, 0.3) is 0 Å². The molecule has 0 aliphatic carbocycles. The van der Waals surface area contributed by atoms with Crippen LogP contribution in [-0.4, -0.2) is 4.98 Å². The monoisotopic (exact) mass is 222 g/mol. The Balaban J connectivity index is 3.08. The van der Waals surface area contributed by atoms with E-state index in [2.05, 4.69) is 24.9 Å². The van der Waals surface area contributed by atoms with Gasteiger partial charge in [0.2, 0.25) is 0 Å². The van der Waals surface area contributed by atoms with Crippen molar-refractivity contribution in [1.82, 2.24) is 4.98 Å². The van der Waals surface area contributed by atoms with Crippen LogP contribution >= 0.6 is 11.3 Å². The van der Waals surface area contributed by atoms with Crippen LogP contribution in [0.15, 0.2) is 0 Å². The van der Waals surface area contributed by atoms with Crippen LogP contribution in [-0.2, 0) is 18.3 Å². The molecule has 0 fully saturated rings. The number of rotatable bonds is 4. The van der Waals surface area contributed by atoms with E-state index in [1.54, 1.807) is 11.3 Å². The second-order valence-corrected chi connectivity index (χ2v) is 5.31. The fourth-order valence-electron chi connectivity index (χ4n) is 1.41. The number of hydrogen-bond donors (Lipinski definition) is 0. The van der Waals surface area contributed by atoms with E-state index in [9.17, 15) is 0 Å². The molecule has 1 aromatic rings. The van der Waals surface area contributed by atoms with Crippen LogP contribution < -0.4 is 0 Å². The van der Waals surface area contributed by atoms with Gasteiger partial charge in [-0.1, -0.05) is 20.3 Å². The molecule has 0 radical (unpaired) electrons. The highest BCUT2D eigenvalue weighted by atomic mass is 32.1. The zero-order chi connectivity index (χ0) is 11.5. The van der Waals surface area contributed by atoms with Gasteiger partial charge in [-0.2, -0.15) is 5.26 Å². The molecule has 0 aliphatic heterocycles. The molecule has 1 aromatic heterocycles. The van der Waals surface area contributed by atoms with E-state index in [0.717, 1.165) is 24.3 Å². The summed E-state index contributed by atoms with van der Waals surface area (Å²) in [6.07, 6.45) is 3.17. The number of thiazole rings is 1. The van der Waals surface area contributed by atoms with Crippen molar-refractivity contribution in [3.8, 4) is 6.07 Å². The summed E-state index contributed by atoms with van der Waals surface area (Å²) in [6, 6.07) is 2.31. The lowest BCUT2D eigenvalue weighted by molar-refractivity contribution is 0.674. The highest BCUT2D eigenvalue weighted by molar-refractivity contribution is 7.12. The van der Waals surface area contributed by atoms with Crippen molar-refractivity contribution in [2.24, 2.45) is 0 Å². The molecule has 3 heteroatoms. The molecule has 0 spiro atoms. The molecule has 0 saturated heterocycles. The minimum Gasteiger partial charge on any atom is -0.244 e. The quantitative estimate of drug-likeness (QED) is 0.782. The minimum absolute atomic E-state index is 0.444. The van der Waals surface area contributed by atoms with Gasteiger partial charge in [-0.05, 0) is 26.7 Å². The molecule has 0 bridgehead atoms. The molecule has 15 heavy (non-hydrogen) atoms. The largest absolute Gasteiger partial charge is 0.244 e. The summed E-state index contributed by atoms with van der Waals surface area (Å²) in [5, 5.41) is 10.0. The molecule has 0 amide bonds. The lowest BCUT2D eigenvalue weighted by Crippen LogP contribution is -2.13. The van der Waals surface area contributed by atoms with Crippen LogP contribution in [0.2, 0.25) is 0 Å². The average molecular weight is 222 g/mol. The summed E-state index contributed by atoms with van der Waals surface area (Å²) in [6.45, 7) is 8.17. The Morgan fingerprint density at radius 2 is 2.07 bits per heavy atom. The Labute approximate surface area is 96.0 Å². The van der Waals surface area contributed by atoms with Gasteiger partial charge in [0.1, 0.15) is 10.4 Å². The SMILES string of the molecule is CCCc1nc(C(C)(C)C#N)sc1CC. The van der Waals surface area contributed by atoms with Crippen LogP contribution in [0, 0.1) is 11.3 Å². The van der Waals surface area contributed by atoms with Crippen molar-refractivity contribution in [2.75, 3.05) is 0 Å². The van der Waals surface area contributed by atoms with Gasteiger partial charge in [-0.25, -0.2) is 4.98 Å². The summed E-state index contributed by atoms with van der Waals surface area (Å²) in [5.74, 6) is 0. The Bertz CT molecular complexity index is 371. The highest BCUT2D eigenvalue weighted by Gasteiger charge is 2.25. The molecule has 0 aromatic carbocycles. The van der Waals surface area contributed by atoms with Gasteiger partial charge in [0.15, 0.2) is 0 Å². The van der Waals surface area contributed by atoms with E-state index >= 15 is 0 Å². The van der Waals surface area contributed by atoms with Crippen LogP contribution in [0.3, 0.4) is 0 Å². The van der Waals surface area contributed by atoms with Crippen molar-refractivity contribution in [1.29, 1.82) is 5.26 Å². The molecule has 0 atom stereocenters. The van der Waals surface area contributed by atoms with E-state index < -0.39 is 5.41 Å². The second-order valence-electron chi connectivity index (χ2n) is 4.23. The van der Waals surface area contributed by atoms with Crippen molar-refractivity contribution in [3.05, 3.63) is 15.6 Å². The Morgan fingerprint density at radius 3 is 2.53 bits per heavy atom. The van der Waals surface area contributed by atoms with E-state index in [1.165, 1.54) is 10.6 Å². The van der Waals surface area contributed by atoms with Crippen LogP contribution in [0.4, 0.5) is 0 Å². The van der Waals surface area contributed by atoms with E-state index in [-0.39, 0.29) is 0 Å². The van der Waals surface area contributed by atoms with E-state index in [4.69, 9.17) is 5.26 Å². The van der Waals surface area contributed by atoms with Crippen LogP contribution in [0.1, 0.15) is 49.7 Å². The first-order valence-corrected chi connectivity index (χ1v) is 6.27. The molecule has 0 aliphatic rings. The topological polar surface area (TPSA) is 36.7 Å². The van der Waals surface area contributed by atoms with E-state index in [1.807, 2.05) is 13.8 Å². The number of nitrogens with zero attached hydrogens (tertiary/aromatic N) is 2. The Morgan fingerprint density at radius 1 is 1.40 bits per heavy atom. The fourth-order valence-corrected chi connectivity index (χ4v) is 2.51. The minimum atomic E-state index is -0.444. The molecule has 0 N–H and O–H groups in total. The van der Waals surface area contributed by atoms with Crippen LogP contribution in [0.5, 0.6) is 0 Å². The first kappa shape index (κ1) is 12.2. The summed E-state index contributed by atoms with van der Waals surface area (Å²) < 4.78 is 0. The number of hydrogen-bond acceptors (Lipinski definition) is 3. The van der Waals surface area contributed by atoms with Gasteiger partial charge in [-0.3, -0.25) is 0 Å². The lowest BCUT2D eigenvalue weighted by Gasteiger charge is -2.09. The summed E-state index contributed by atoms with van der Waals surface area (Å²) in [7, 11) is 0. The Hall–Kier alpha value is -0.880. The molecule has 0 saturated carbocycles. The predicted molar refractivity (Wildman–Crippen MR) is 64.1 cm³/mol. The van der Waals surface area contributed by atoms with Gasteiger partial charge in [0.25, 0.3) is 0 Å². The summed E-state index contributed by atoms with van der Waals surface area (Å²) in [4.78, 5) is 5.95. The van der Waals surface area contributed by atoms with Gasteiger partial charge in [-0.15, -0.1) is 11.3 Å². The molecule has 0 unspecified atom stereocenters. The van der Waals surface area contributed by atoms with E-state index in [0.29, 0.717) is 0 Å². The molecule has 1 heterocycles. The zero-order valence-corrected chi connectivity index (χ0v) is 10.7. The third-order valence-electron chi connectivity index (χ3n) is 2.40. The summed E-state index contributed by atoms with van der Waals surface area (Å²) >= 11 is 1.70. The van der Waals surface area contributed by atoms with Gasteiger partial charge in [0.05, 0.1) is 11.8 Å². The molecule has 2 nitrogen and oxygen atoms in total. The zero-order valence-electron chi connectivity index (χ0n) is 9.92. The predicted octanol–water partition coefficient (Wildman–Crippen LogP) is 3.46. The third-order valence-corrected chi connectivity index (χ3v) is 3.97. The average Bonchev–Trinajstić information content (AvgIpc) is 2.62. The second kappa shape index (κ2) is 4.76. The third kappa shape index (κ3) is 2.57. The maximum Gasteiger partial charge on any atom is 0.113 e. The number of aryl methyl sites for hydroxylation is 2. The number of aromatic nitrogens is 1. The first-order valence-electron chi connectivity index (χ1n) is 5.45.